The molecule has 1 amide bonds. The Kier molecular flexibility index (Phi) is 46.0. The SMILES string of the molecule is CCCCCCCC/C=C\CCCCCCCC.CCCCCCCC/C=C\CCCCCCCC(=O)OCN(CCOC=O)C(=O)CCCN(C)C. The van der Waals surface area contributed by atoms with Crippen molar-refractivity contribution >= 4 is 18.3 Å². The van der Waals surface area contributed by atoms with Gasteiger partial charge in [0.1, 0.15) is 6.61 Å². The number of carbonyl (C=O) groups excluding carboxylic acids is 3. The van der Waals surface area contributed by atoms with E-state index in [4.69, 9.17) is 9.47 Å². The van der Waals surface area contributed by atoms with Crippen LogP contribution in [0.25, 0.3) is 0 Å². The summed E-state index contributed by atoms with van der Waals surface area (Å²) in [5, 5.41) is 0. The molecule has 0 unspecified atom stereocenters. The van der Waals surface area contributed by atoms with Gasteiger partial charge >= 0.3 is 5.97 Å². The molecule has 0 aromatic rings. The zero-order valence-electron chi connectivity index (χ0n) is 35.9. The first-order chi connectivity index (χ1) is 25.9. The first-order valence-electron chi connectivity index (χ1n) is 22.4. The molecule has 7 heteroatoms. The van der Waals surface area contributed by atoms with E-state index >= 15 is 0 Å². The largest absolute Gasteiger partial charge is 0.466 e. The molecule has 0 saturated carbocycles. The number of carbonyl (C=O) groups is 3. The first-order valence-corrected chi connectivity index (χ1v) is 22.4. The van der Waals surface area contributed by atoms with Crippen molar-refractivity contribution in [3.05, 3.63) is 24.3 Å². The molecular weight excluding hydrogens is 661 g/mol. The first kappa shape index (κ1) is 53.0. The Balaban J connectivity index is 0. The Bertz CT molecular complexity index is 811. The summed E-state index contributed by atoms with van der Waals surface area (Å²) in [4.78, 5) is 38.3. The van der Waals surface area contributed by atoms with Crippen LogP contribution in [0.5, 0.6) is 0 Å². The number of allylic oxidation sites excluding steroid dienone is 4. The summed E-state index contributed by atoms with van der Waals surface area (Å²) in [7, 11) is 3.91. The third-order valence-electron chi connectivity index (χ3n) is 9.54. The van der Waals surface area contributed by atoms with Gasteiger partial charge in [-0.3, -0.25) is 14.4 Å². The molecule has 0 bridgehead atoms. The van der Waals surface area contributed by atoms with Crippen molar-refractivity contribution in [2.45, 2.75) is 213 Å². The fourth-order valence-electron chi connectivity index (χ4n) is 6.06. The van der Waals surface area contributed by atoms with Crippen LogP contribution in [0.3, 0.4) is 0 Å². The van der Waals surface area contributed by atoms with Crippen LogP contribution in [-0.2, 0) is 23.9 Å². The van der Waals surface area contributed by atoms with Crippen LogP contribution >= 0.6 is 0 Å². The zero-order valence-corrected chi connectivity index (χ0v) is 35.9. The van der Waals surface area contributed by atoms with Crippen LogP contribution in [0.2, 0.25) is 0 Å². The van der Waals surface area contributed by atoms with Crippen LogP contribution in [0.15, 0.2) is 24.3 Å². The molecule has 312 valence electrons. The standard InChI is InChI=1S/C28H52N2O5.C18H36/c1-4-5-6-7-8-9-10-11-12-13-14-15-16-17-18-21-28(33)35-25-30(23-24-34-26-31)27(32)20-19-22-29(2)3;1-3-5-7-9-11-13-15-17-18-16-14-12-10-8-6-4-2/h11-12,26H,4-10,13-25H2,1-3H3;17-18H,3-16H2,1-2H3/b12-11-;18-17-. The summed E-state index contributed by atoms with van der Waals surface area (Å²) >= 11 is 0. The highest BCUT2D eigenvalue weighted by molar-refractivity contribution is 5.76. The molecule has 0 aromatic heterocycles. The number of rotatable bonds is 39. The molecule has 0 saturated heterocycles. The number of ether oxygens (including phenoxy) is 2. The van der Waals surface area contributed by atoms with Crippen molar-refractivity contribution in [3.8, 4) is 0 Å². The van der Waals surface area contributed by atoms with Gasteiger partial charge in [0.25, 0.3) is 6.47 Å². The summed E-state index contributed by atoms with van der Waals surface area (Å²) in [5.41, 5.74) is 0. The van der Waals surface area contributed by atoms with E-state index in [1.54, 1.807) is 0 Å². The minimum absolute atomic E-state index is 0.0904. The van der Waals surface area contributed by atoms with Crippen molar-refractivity contribution in [1.29, 1.82) is 0 Å². The lowest BCUT2D eigenvalue weighted by Crippen LogP contribution is -2.37. The average molecular weight is 749 g/mol. The van der Waals surface area contributed by atoms with Gasteiger partial charge in [-0.25, -0.2) is 0 Å². The highest BCUT2D eigenvalue weighted by Crippen LogP contribution is 2.12. The predicted molar refractivity (Wildman–Crippen MR) is 227 cm³/mol. The lowest BCUT2D eigenvalue weighted by Gasteiger charge is -2.22. The van der Waals surface area contributed by atoms with Crippen molar-refractivity contribution in [2.24, 2.45) is 0 Å². The summed E-state index contributed by atoms with van der Waals surface area (Å²) in [5.74, 6) is -0.389. The van der Waals surface area contributed by atoms with Crippen molar-refractivity contribution < 1.29 is 23.9 Å². The van der Waals surface area contributed by atoms with Crippen molar-refractivity contribution in [2.75, 3.05) is 40.5 Å². The smallest absolute Gasteiger partial charge is 0.307 e. The summed E-state index contributed by atoms with van der Waals surface area (Å²) < 4.78 is 10.0. The molecule has 0 N–H and O–H groups in total. The van der Waals surface area contributed by atoms with Crippen LogP contribution in [0.4, 0.5) is 0 Å². The monoisotopic (exact) mass is 749 g/mol. The van der Waals surface area contributed by atoms with Gasteiger partial charge in [0.05, 0.1) is 6.54 Å². The van der Waals surface area contributed by atoms with E-state index in [0.29, 0.717) is 19.3 Å². The Morgan fingerprint density at radius 3 is 1.28 bits per heavy atom. The summed E-state index contributed by atoms with van der Waals surface area (Å²) in [6.45, 7) is 8.20. The minimum Gasteiger partial charge on any atom is -0.466 e. The van der Waals surface area contributed by atoms with E-state index in [1.165, 1.54) is 153 Å². The van der Waals surface area contributed by atoms with E-state index in [0.717, 1.165) is 38.6 Å². The lowest BCUT2D eigenvalue weighted by molar-refractivity contribution is -0.154. The molecule has 0 atom stereocenters. The third-order valence-corrected chi connectivity index (χ3v) is 9.54. The highest BCUT2D eigenvalue weighted by atomic mass is 16.5. The van der Waals surface area contributed by atoms with E-state index in [1.807, 2.05) is 19.0 Å². The van der Waals surface area contributed by atoms with E-state index in [9.17, 15) is 14.4 Å². The second-order valence-electron chi connectivity index (χ2n) is 15.1. The molecule has 7 nitrogen and oxygen atoms in total. The van der Waals surface area contributed by atoms with E-state index < -0.39 is 0 Å². The van der Waals surface area contributed by atoms with Crippen molar-refractivity contribution in [3.63, 3.8) is 0 Å². The van der Waals surface area contributed by atoms with Gasteiger partial charge in [-0.05, 0) is 84.8 Å². The third kappa shape index (κ3) is 45.9. The van der Waals surface area contributed by atoms with Crippen LogP contribution in [-0.4, -0.2) is 68.7 Å². The maximum atomic E-state index is 12.4. The number of hydrogen-bond acceptors (Lipinski definition) is 6. The Labute approximate surface area is 329 Å². The summed E-state index contributed by atoms with van der Waals surface area (Å²) in [6.07, 6.45) is 46.3. The molecular formula is C46H88N2O5. The number of amides is 1. The van der Waals surface area contributed by atoms with Crippen LogP contribution in [0, 0.1) is 0 Å². The maximum Gasteiger partial charge on any atom is 0.307 e. The quantitative estimate of drug-likeness (QED) is 0.0205. The second-order valence-corrected chi connectivity index (χ2v) is 15.1. The second kappa shape index (κ2) is 46.0. The minimum atomic E-state index is -0.287. The number of esters is 1. The molecule has 0 aromatic carbocycles. The molecule has 0 aliphatic heterocycles. The molecule has 0 fully saturated rings. The van der Waals surface area contributed by atoms with Gasteiger partial charge in [-0.15, -0.1) is 0 Å². The van der Waals surface area contributed by atoms with Crippen LogP contribution in [0.1, 0.15) is 213 Å². The molecule has 0 radical (unpaired) electrons. The predicted octanol–water partition coefficient (Wildman–Crippen LogP) is 12.9. The molecule has 0 spiro atoms. The van der Waals surface area contributed by atoms with Crippen molar-refractivity contribution in [1.82, 2.24) is 9.80 Å². The number of nitrogens with zero attached hydrogens (tertiary/aromatic N) is 2. The van der Waals surface area contributed by atoms with Gasteiger partial charge in [-0.2, -0.15) is 0 Å². The topological polar surface area (TPSA) is 76.1 Å². The Morgan fingerprint density at radius 2 is 0.887 bits per heavy atom. The van der Waals surface area contributed by atoms with Gasteiger partial charge in [0, 0.05) is 12.8 Å². The van der Waals surface area contributed by atoms with Gasteiger partial charge in [0.2, 0.25) is 5.91 Å². The van der Waals surface area contributed by atoms with Crippen LogP contribution < -0.4 is 0 Å². The average Bonchev–Trinajstić information content (AvgIpc) is 3.14. The van der Waals surface area contributed by atoms with E-state index in [2.05, 4.69) is 45.1 Å². The fraction of sp³-hybridized carbons (Fsp3) is 0.848. The normalized spacial score (nSPS) is 11.3. The molecule has 53 heavy (non-hydrogen) atoms. The fourth-order valence-corrected chi connectivity index (χ4v) is 6.06. The molecule has 0 aliphatic carbocycles. The van der Waals surface area contributed by atoms with Gasteiger partial charge < -0.3 is 19.3 Å². The lowest BCUT2D eigenvalue weighted by atomic mass is 10.1. The molecule has 0 aliphatic rings. The van der Waals surface area contributed by atoms with E-state index in [-0.39, 0.29) is 31.8 Å². The summed E-state index contributed by atoms with van der Waals surface area (Å²) in [6, 6.07) is 0. The maximum absolute atomic E-state index is 12.4. The highest BCUT2D eigenvalue weighted by Gasteiger charge is 2.15. The zero-order chi connectivity index (χ0) is 39.3. The van der Waals surface area contributed by atoms with Gasteiger partial charge in [-0.1, -0.05) is 161 Å². The Hall–Kier alpha value is -2.15. The Morgan fingerprint density at radius 1 is 0.491 bits per heavy atom. The molecule has 0 rings (SSSR count). The van der Waals surface area contributed by atoms with Gasteiger partial charge in [0.15, 0.2) is 6.73 Å². The number of unbranched alkanes of at least 4 members (excludes halogenated alkanes) is 23. The molecule has 0 heterocycles. The number of hydrogen-bond donors (Lipinski definition) is 0.